The summed E-state index contributed by atoms with van der Waals surface area (Å²) in [4.78, 5) is 8.10. The second-order valence-electron chi connectivity index (χ2n) is 2.49. The van der Waals surface area contributed by atoms with E-state index in [2.05, 4.69) is 16.7 Å². The molecule has 2 nitrogen and oxygen atoms in total. The van der Waals surface area contributed by atoms with Gasteiger partial charge in [0.1, 0.15) is 0 Å². The average Bonchev–Trinajstić information content (AvgIpc) is 2.05. The molecule has 1 rings (SSSR count). The number of rotatable bonds is 2. The molecule has 1 aromatic carbocycles. The maximum Gasteiger partial charge on any atom is 0.0907 e. The average molecular weight is 160 g/mol. The number of hydrogen-bond donors (Lipinski definition) is 0. The highest BCUT2D eigenvalue weighted by Crippen LogP contribution is 2.30. The van der Waals surface area contributed by atoms with Crippen LogP contribution in [-0.2, 0) is 0 Å². The summed E-state index contributed by atoms with van der Waals surface area (Å²) in [5.41, 5.74) is 2.86. The molecule has 0 unspecified atom stereocenters. The maximum absolute atomic E-state index is 4.18. The number of nitrogens with zero attached hydrogens (tertiary/aromatic N) is 2. The van der Waals surface area contributed by atoms with Crippen LogP contribution in [0.2, 0.25) is 0 Å². The molecule has 2 heteroatoms. The minimum Gasteiger partial charge on any atom is -0.262 e. The van der Waals surface area contributed by atoms with Gasteiger partial charge in [-0.15, -0.1) is 0 Å². The van der Waals surface area contributed by atoms with Crippen molar-refractivity contribution in [2.45, 2.75) is 13.8 Å². The fraction of sp³-hybridized carbons (Fsp3) is 0.200. The van der Waals surface area contributed by atoms with E-state index in [1.54, 1.807) is 6.21 Å². The highest BCUT2D eigenvalue weighted by molar-refractivity contribution is 5.72. The zero-order valence-electron chi connectivity index (χ0n) is 7.41. The fourth-order valence-electron chi connectivity index (χ4n) is 1.09. The van der Waals surface area contributed by atoms with E-state index in [1.807, 2.05) is 32.0 Å². The van der Waals surface area contributed by atoms with Crippen LogP contribution in [0.5, 0.6) is 0 Å². The van der Waals surface area contributed by atoms with Crippen molar-refractivity contribution in [1.82, 2.24) is 0 Å². The molecule has 0 N–H and O–H groups in total. The number of hydrogen-bond acceptors (Lipinski definition) is 2. The van der Waals surface area contributed by atoms with Crippen LogP contribution in [0.1, 0.15) is 12.5 Å². The minimum absolute atomic E-state index is 0.871. The molecule has 1 aromatic rings. The highest BCUT2D eigenvalue weighted by atomic mass is 14.8. The molecular weight excluding hydrogens is 148 g/mol. The van der Waals surface area contributed by atoms with Gasteiger partial charge in [0.25, 0.3) is 0 Å². The van der Waals surface area contributed by atoms with Crippen molar-refractivity contribution in [3.63, 3.8) is 0 Å². The van der Waals surface area contributed by atoms with Gasteiger partial charge >= 0.3 is 0 Å². The SMILES string of the molecule is C=Nc1c(C)cccc1N=CC. The smallest absolute Gasteiger partial charge is 0.0907 e. The van der Waals surface area contributed by atoms with Crippen LogP contribution in [0.4, 0.5) is 11.4 Å². The Kier molecular flexibility index (Phi) is 2.75. The zero-order valence-corrected chi connectivity index (χ0v) is 7.41. The summed E-state index contributed by atoms with van der Waals surface area (Å²) in [5, 5.41) is 0. The second-order valence-corrected chi connectivity index (χ2v) is 2.49. The molecule has 0 aliphatic carbocycles. The third kappa shape index (κ3) is 1.59. The zero-order chi connectivity index (χ0) is 8.97. The second kappa shape index (κ2) is 3.81. The molecule has 0 aliphatic heterocycles. The lowest BCUT2D eigenvalue weighted by molar-refractivity contribution is 1.38. The number of aryl methyl sites for hydroxylation is 1. The maximum atomic E-state index is 4.18. The first-order chi connectivity index (χ1) is 5.79. The molecule has 0 radical (unpaired) electrons. The molecule has 0 saturated heterocycles. The predicted octanol–water partition coefficient (Wildman–Crippen LogP) is 3.05. The molecule has 0 atom stereocenters. The molecule has 0 aromatic heterocycles. The summed E-state index contributed by atoms with van der Waals surface area (Å²) in [5.74, 6) is 0. The molecule has 0 bridgehead atoms. The van der Waals surface area contributed by atoms with Crippen molar-refractivity contribution in [2.75, 3.05) is 0 Å². The van der Waals surface area contributed by atoms with Gasteiger partial charge < -0.3 is 0 Å². The third-order valence-electron chi connectivity index (χ3n) is 1.64. The lowest BCUT2D eigenvalue weighted by atomic mass is 10.2. The molecule has 0 fully saturated rings. The Morgan fingerprint density at radius 3 is 2.75 bits per heavy atom. The van der Waals surface area contributed by atoms with E-state index in [4.69, 9.17) is 0 Å². The number of para-hydroxylation sites is 1. The van der Waals surface area contributed by atoms with Gasteiger partial charge in [-0.3, -0.25) is 9.98 Å². The Balaban J connectivity index is 3.27. The Bertz CT molecular complexity index is 314. The van der Waals surface area contributed by atoms with Gasteiger partial charge in [-0.05, 0) is 32.2 Å². The Morgan fingerprint density at radius 1 is 1.42 bits per heavy atom. The van der Waals surface area contributed by atoms with E-state index in [0.717, 1.165) is 16.9 Å². The van der Waals surface area contributed by atoms with Crippen LogP contribution in [-0.4, -0.2) is 12.9 Å². The normalized spacial score (nSPS) is 10.5. The largest absolute Gasteiger partial charge is 0.262 e. The molecular formula is C10H12N2. The summed E-state index contributed by atoms with van der Waals surface area (Å²) in [6.07, 6.45) is 1.75. The van der Waals surface area contributed by atoms with Gasteiger partial charge in [0, 0.05) is 6.21 Å². The van der Waals surface area contributed by atoms with Crippen molar-refractivity contribution in [1.29, 1.82) is 0 Å². The van der Waals surface area contributed by atoms with Crippen molar-refractivity contribution in [2.24, 2.45) is 9.98 Å². The van der Waals surface area contributed by atoms with Crippen LogP contribution >= 0.6 is 0 Å². The first-order valence-corrected chi connectivity index (χ1v) is 3.84. The van der Waals surface area contributed by atoms with Crippen molar-refractivity contribution >= 4 is 24.3 Å². The van der Waals surface area contributed by atoms with Gasteiger partial charge in [-0.25, -0.2) is 0 Å². The Labute approximate surface area is 72.7 Å². The molecule has 62 valence electrons. The van der Waals surface area contributed by atoms with Crippen LogP contribution in [0.3, 0.4) is 0 Å². The van der Waals surface area contributed by atoms with Crippen LogP contribution < -0.4 is 0 Å². The van der Waals surface area contributed by atoms with E-state index in [0.29, 0.717) is 0 Å². The van der Waals surface area contributed by atoms with E-state index in [1.165, 1.54) is 0 Å². The standard InChI is InChI=1S/C10H12N2/c1-4-12-9-7-5-6-8(2)10(9)11-3/h4-7H,3H2,1-2H3. The molecule has 0 amide bonds. The summed E-state index contributed by atoms with van der Waals surface area (Å²) in [6.45, 7) is 7.39. The van der Waals surface area contributed by atoms with Gasteiger partial charge in [0.2, 0.25) is 0 Å². The minimum atomic E-state index is 0.871. The molecule has 0 saturated carbocycles. The fourth-order valence-corrected chi connectivity index (χ4v) is 1.09. The number of aliphatic imine (C=N–C) groups is 2. The van der Waals surface area contributed by atoms with Gasteiger partial charge in [-0.1, -0.05) is 12.1 Å². The molecule has 12 heavy (non-hydrogen) atoms. The van der Waals surface area contributed by atoms with Crippen LogP contribution in [0.25, 0.3) is 0 Å². The van der Waals surface area contributed by atoms with Gasteiger partial charge in [0.05, 0.1) is 11.4 Å². The van der Waals surface area contributed by atoms with Gasteiger partial charge in [0.15, 0.2) is 0 Å². The summed E-state index contributed by atoms with van der Waals surface area (Å²) in [7, 11) is 0. The molecule has 0 aliphatic rings. The van der Waals surface area contributed by atoms with Crippen LogP contribution in [0.15, 0.2) is 28.2 Å². The summed E-state index contributed by atoms with van der Waals surface area (Å²) >= 11 is 0. The molecule has 0 heterocycles. The number of benzene rings is 1. The first-order valence-electron chi connectivity index (χ1n) is 3.84. The predicted molar refractivity (Wildman–Crippen MR) is 54.2 cm³/mol. The van der Waals surface area contributed by atoms with Crippen LogP contribution in [0, 0.1) is 6.92 Å². The quantitative estimate of drug-likeness (QED) is 0.594. The van der Waals surface area contributed by atoms with Crippen molar-refractivity contribution in [3.8, 4) is 0 Å². The van der Waals surface area contributed by atoms with E-state index in [9.17, 15) is 0 Å². The molecule has 0 spiro atoms. The lowest BCUT2D eigenvalue weighted by Crippen LogP contribution is -1.74. The van der Waals surface area contributed by atoms with Crippen molar-refractivity contribution < 1.29 is 0 Å². The van der Waals surface area contributed by atoms with E-state index in [-0.39, 0.29) is 0 Å². The monoisotopic (exact) mass is 160 g/mol. The third-order valence-corrected chi connectivity index (χ3v) is 1.64. The lowest BCUT2D eigenvalue weighted by Gasteiger charge is -2.01. The first kappa shape index (κ1) is 8.65. The van der Waals surface area contributed by atoms with Crippen molar-refractivity contribution in [3.05, 3.63) is 23.8 Å². The summed E-state index contributed by atoms with van der Waals surface area (Å²) < 4.78 is 0. The Hall–Kier alpha value is -1.44. The van der Waals surface area contributed by atoms with Gasteiger partial charge in [-0.2, -0.15) is 0 Å². The topological polar surface area (TPSA) is 24.7 Å². The summed E-state index contributed by atoms with van der Waals surface area (Å²) in [6, 6.07) is 5.89. The Morgan fingerprint density at radius 2 is 2.17 bits per heavy atom. The van der Waals surface area contributed by atoms with E-state index < -0.39 is 0 Å². The highest BCUT2D eigenvalue weighted by Gasteiger charge is 1.99. The van der Waals surface area contributed by atoms with E-state index >= 15 is 0 Å².